The molecule has 1 saturated carbocycles. The molecule has 1 aromatic heterocycles. The lowest BCUT2D eigenvalue weighted by atomic mass is 9.87. The zero-order valence-electron chi connectivity index (χ0n) is 19.8. The molecule has 2 fully saturated rings. The van der Waals surface area contributed by atoms with E-state index in [0.717, 1.165) is 11.0 Å². The van der Waals surface area contributed by atoms with Crippen LogP contribution in [0, 0.1) is 5.82 Å². The van der Waals surface area contributed by atoms with Gasteiger partial charge in [-0.3, -0.25) is 24.2 Å². The quantitative estimate of drug-likeness (QED) is 0.433. The van der Waals surface area contributed by atoms with Crippen molar-refractivity contribution < 1.29 is 27.6 Å². The summed E-state index contributed by atoms with van der Waals surface area (Å²) in [6, 6.07) is 8.21. The third kappa shape index (κ3) is 5.12. The van der Waals surface area contributed by atoms with Crippen molar-refractivity contribution in [3.8, 4) is 0 Å². The lowest BCUT2D eigenvalue weighted by Gasteiger charge is -2.39. The first-order valence-electron chi connectivity index (χ1n) is 11.9. The van der Waals surface area contributed by atoms with Gasteiger partial charge in [-0.15, -0.1) is 11.3 Å². The molecule has 0 bridgehead atoms. The molecule has 7 nitrogen and oxygen atoms in total. The molecule has 12 heteroatoms. The zero-order chi connectivity index (χ0) is 27.0. The number of alkyl halides is 2. The van der Waals surface area contributed by atoms with Crippen molar-refractivity contribution in [1.29, 1.82) is 0 Å². The summed E-state index contributed by atoms with van der Waals surface area (Å²) in [6.45, 7) is 0. The first-order chi connectivity index (χ1) is 18.1. The van der Waals surface area contributed by atoms with Crippen LogP contribution >= 0.6 is 22.9 Å². The average molecular weight is 563 g/mol. The van der Waals surface area contributed by atoms with Gasteiger partial charge in [-0.25, -0.2) is 18.2 Å². The number of carbonyl (C=O) groups excluding carboxylic acids is 3. The summed E-state index contributed by atoms with van der Waals surface area (Å²) >= 11 is 7.65. The molecule has 5 rings (SSSR count). The Bertz CT molecular complexity index is 1370. The summed E-state index contributed by atoms with van der Waals surface area (Å²) < 4.78 is 41.5. The predicted molar refractivity (Wildman–Crippen MR) is 137 cm³/mol. The minimum atomic E-state index is -2.88. The first-order valence-corrected chi connectivity index (χ1v) is 13.1. The van der Waals surface area contributed by atoms with Gasteiger partial charge in [-0.05, 0) is 30.7 Å². The Labute approximate surface area is 225 Å². The van der Waals surface area contributed by atoms with E-state index < -0.39 is 54.5 Å². The second-order valence-electron chi connectivity index (χ2n) is 9.21. The van der Waals surface area contributed by atoms with E-state index in [1.807, 2.05) is 0 Å². The van der Waals surface area contributed by atoms with Crippen molar-refractivity contribution in [2.45, 2.75) is 49.7 Å². The predicted octanol–water partition coefficient (Wildman–Crippen LogP) is 5.12. The number of rotatable bonds is 7. The number of benzene rings is 2. The number of amides is 3. The van der Waals surface area contributed by atoms with Crippen LogP contribution in [0.3, 0.4) is 0 Å². The van der Waals surface area contributed by atoms with E-state index in [2.05, 4.69) is 10.3 Å². The van der Waals surface area contributed by atoms with Crippen LogP contribution in [0.4, 0.5) is 24.0 Å². The summed E-state index contributed by atoms with van der Waals surface area (Å²) in [5, 5.41) is 4.74. The molecule has 1 aliphatic carbocycles. The zero-order valence-corrected chi connectivity index (χ0v) is 21.4. The second kappa shape index (κ2) is 10.4. The van der Waals surface area contributed by atoms with Crippen LogP contribution in [0.2, 0.25) is 5.02 Å². The lowest BCUT2D eigenvalue weighted by Crippen LogP contribution is -2.56. The van der Waals surface area contributed by atoms with Gasteiger partial charge in [0.1, 0.15) is 17.9 Å². The summed E-state index contributed by atoms with van der Waals surface area (Å²) in [5.41, 5.74) is 0.271. The highest BCUT2D eigenvalue weighted by Crippen LogP contribution is 2.40. The van der Waals surface area contributed by atoms with Crippen molar-refractivity contribution in [2.24, 2.45) is 0 Å². The number of carbonyl (C=O) groups is 3. The van der Waals surface area contributed by atoms with Crippen molar-refractivity contribution in [3.63, 3.8) is 0 Å². The van der Waals surface area contributed by atoms with Crippen molar-refractivity contribution in [1.82, 2.24) is 10.3 Å². The van der Waals surface area contributed by atoms with E-state index >= 15 is 0 Å². The number of halogens is 4. The Kier molecular flexibility index (Phi) is 7.15. The molecule has 1 N–H and O–H groups in total. The van der Waals surface area contributed by atoms with Gasteiger partial charge in [0.15, 0.2) is 5.13 Å². The van der Waals surface area contributed by atoms with Crippen LogP contribution in [-0.4, -0.2) is 40.7 Å². The molecule has 3 aromatic rings. The average Bonchev–Trinajstić information content (AvgIpc) is 3.51. The molecule has 0 radical (unpaired) electrons. The van der Waals surface area contributed by atoms with Gasteiger partial charge in [-0.1, -0.05) is 35.9 Å². The molecule has 2 aliphatic rings. The first kappa shape index (κ1) is 26.2. The SMILES string of the molecule is O=C(NC1CC(F)(F)C1)C(c1ccccc1Cl)N(C(=O)C1CCC(=O)N1c1nccs1)c1cccc(F)c1. The standard InChI is InChI=1S/C26H22ClF3N4O3S/c27-19-7-2-1-6-18(19)22(23(36)32-16-13-26(29,30)14-16)33(17-5-3-4-15(28)12-17)24(37)20-8-9-21(35)34(20)25-31-10-11-38-25/h1-7,10-12,16,20,22H,8-9,13-14H2,(H,32,36). The molecule has 2 unspecified atom stereocenters. The molecule has 38 heavy (non-hydrogen) atoms. The number of aromatic nitrogens is 1. The Hall–Kier alpha value is -3.44. The van der Waals surface area contributed by atoms with Crippen molar-refractivity contribution >= 4 is 51.5 Å². The third-order valence-corrected chi connectivity index (χ3v) is 7.70. The van der Waals surface area contributed by atoms with Crippen molar-refractivity contribution in [3.05, 3.63) is 76.5 Å². The Balaban J connectivity index is 1.59. The summed E-state index contributed by atoms with van der Waals surface area (Å²) in [7, 11) is 0. The van der Waals surface area contributed by atoms with Gasteiger partial charge in [0.2, 0.25) is 11.8 Å². The smallest absolute Gasteiger partial charge is 0.252 e. The number of thiazole rings is 1. The van der Waals surface area contributed by atoms with Gasteiger partial charge < -0.3 is 5.32 Å². The Morgan fingerprint density at radius 1 is 1.18 bits per heavy atom. The summed E-state index contributed by atoms with van der Waals surface area (Å²) in [5.74, 6) is -5.25. The molecular weight excluding hydrogens is 541 g/mol. The molecular formula is C26H22ClF3N4O3S. The Morgan fingerprint density at radius 2 is 1.95 bits per heavy atom. The van der Waals surface area contributed by atoms with E-state index in [4.69, 9.17) is 11.6 Å². The molecule has 2 heterocycles. The maximum atomic E-state index is 14.4. The normalized spacial score (nSPS) is 19.6. The monoisotopic (exact) mass is 562 g/mol. The minimum absolute atomic E-state index is 0.0486. The largest absolute Gasteiger partial charge is 0.351 e. The number of anilines is 2. The van der Waals surface area contributed by atoms with Crippen LogP contribution in [-0.2, 0) is 14.4 Å². The highest BCUT2D eigenvalue weighted by molar-refractivity contribution is 7.13. The van der Waals surface area contributed by atoms with E-state index in [1.165, 1.54) is 46.7 Å². The van der Waals surface area contributed by atoms with Crippen LogP contribution < -0.4 is 15.1 Å². The van der Waals surface area contributed by atoms with Gasteiger partial charge in [0, 0.05) is 53.2 Å². The van der Waals surface area contributed by atoms with Gasteiger partial charge >= 0.3 is 0 Å². The Morgan fingerprint density at radius 3 is 2.61 bits per heavy atom. The maximum absolute atomic E-state index is 14.4. The van der Waals surface area contributed by atoms with Crippen LogP contribution in [0.1, 0.15) is 37.3 Å². The fourth-order valence-corrected chi connectivity index (χ4v) is 5.77. The molecule has 1 aliphatic heterocycles. The molecule has 2 aromatic carbocycles. The highest BCUT2D eigenvalue weighted by Gasteiger charge is 2.48. The molecule has 2 atom stereocenters. The van der Waals surface area contributed by atoms with Gasteiger partial charge in [0.25, 0.3) is 11.8 Å². The van der Waals surface area contributed by atoms with E-state index in [9.17, 15) is 27.6 Å². The topological polar surface area (TPSA) is 82.6 Å². The third-order valence-electron chi connectivity index (χ3n) is 6.59. The number of hydrogen-bond acceptors (Lipinski definition) is 5. The van der Waals surface area contributed by atoms with Gasteiger partial charge in [-0.2, -0.15) is 0 Å². The second-order valence-corrected chi connectivity index (χ2v) is 10.5. The minimum Gasteiger partial charge on any atom is -0.351 e. The fourth-order valence-electron chi connectivity index (χ4n) is 4.82. The molecule has 198 valence electrons. The van der Waals surface area contributed by atoms with Crippen LogP contribution in [0.5, 0.6) is 0 Å². The summed E-state index contributed by atoms with van der Waals surface area (Å²) in [6.07, 6.45) is 0.668. The van der Waals surface area contributed by atoms with Crippen LogP contribution in [0.15, 0.2) is 60.1 Å². The van der Waals surface area contributed by atoms with E-state index in [0.29, 0.717) is 5.13 Å². The lowest BCUT2D eigenvalue weighted by molar-refractivity contribution is -0.133. The number of nitrogens with zero attached hydrogens (tertiary/aromatic N) is 3. The van der Waals surface area contributed by atoms with E-state index in [1.54, 1.807) is 23.6 Å². The van der Waals surface area contributed by atoms with Crippen LogP contribution in [0.25, 0.3) is 0 Å². The fraction of sp³-hybridized carbons (Fsp3) is 0.308. The number of nitrogens with one attached hydrogen (secondary N) is 1. The van der Waals surface area contributed by atoms with Crippen molar-refractivity contribution in [2.75, 3.05) is 9.80 Å². The number of hydrogen-bond donors (Lipinski definition) is 1. The highest BCUT2D eigenvalue weighted by atomic mass is 35.5. The maximum Gasteiger partial charge on any atom is 0.252 e. The molecule has 3 amide bonds. The van der Waals surface area contributed by atoms with E-state index in [-0.39, 0.29) is 35.0 Å². The van der Waals surface area contributed by atoms with Gasteiger partial charge in [0.05, 0.1) is 0 Å². The summed E-state index contributed by atoms with van der Waals surface area (Å²) in [4.78, 5) is 47.3. The molecule has 1 saturated heterocycles. The molecule has 0 spiro atoms.